The number of fused-ring (bicyclic) bond motifs is 1. The molecule has 0 radical (unpaired) electrons. The first-order chi connectivity index (χ1) is 12.2. The molecule has 0 spiro atoms. The van der Waals surface area contributed by atoms with E-state index in [1.807, 2.05) is 48.0 Å². The highest BCUT2D eigenvalue weighted by atomic mass is 32.1. The number of carbonyl (C=O) groups excluding carboxylic acids is 1. The summed E-state index contributed by atoms with van der Waals surface area (Å²) >= 11 is 1.51. The maximum absolute atomic E-state index is 12.5. The molecular weight excluding hydrogens is 332 g/mol. The number of thiophene rings is 1. The number of hydrogen-bond donors (Lipinski definition) is 1. The first-order valence-electron chi connectivity index (χ1n) is 8.77. The second-order valence-electron chi connectivity index (χ2n) is 6.47. The third-order valence-electron chi connectivity index (χ3n) is 4.68. The summed E-state index contributed by atoms with van der Waals surface area (Å²) < 4.78 is 1.93. The zero-order valence-corrected chi connectivity index (χ0v) is 15.2. The highest BCUT2D eigenvalue weighted by Crippen LogP contribution is 2.30. The van der Waals surface area contributed by atoms with Crippen LogP contribution in [0, 0.1) is 6.92 Å². The molecule has 1 saturated heterocycles. The van der Waals surface area contributed by atoms with Crippen molar-refractivity contribution < 1.29 is 4.79 Å². The van der Waals surface area contributed by atoms with E-state index in [-0.39, 0.29) is 5.91 Å². The van der Waals surface area contributed by atoms with Gasteiger partial charge in [-0.05, 0) is 51.1 Å². The molecular formula is C19H22N4OS. The molecule has 25 heavy (non-hydrogen) atoms. The van der Waals surface area contributed by atoms with E-state index < -0.39 is 0 Å². The lowest BCUT2D eigenvalue weighted by atomic mass is 10.3. The van der Waals surface area contributed by atoms with Crippen LogP contribution in [0.2, 0.25) is 0 Å². The smallest absolute Gasteiger partial charge is 0.261 e. The van der Waals surface area contributed by atoms with Gasteiger partial charge in [0.2, 0.25) is 0 Å². The molecule has 1 aliphatic rings. The minimum absolute atomic E-state index is 0.0133. The fraction of sp³-hybridized carbons (Fsp3) is 0.368. The summed E-state index contributed by atoms with van der Waals surface area (Å²) in [4.78, 5) is 16.7. The molecule has 3 aromatic rings. The number of aryl methyl sites for hydroxylation is 1. The Morgan fingerprint density at radius 2 is 2.00 bits per heavy atom. The van der Waals surface area contributed by atoms with Crippen LogP contribution in [0.5, 0.6) is 0 Å². The lowest BCUT2D eigenvalue weighted by Crippen LogP contribution is -2.33. The number of para-hydroxylation sites is 1. The van der Waals surface area contributed by atoms with Gasteiger partial charge in [0.15, 0.2) is 0 Å². The molecule has 0 aliphatic carbocycles. The van der Waals surface area contributed by atoms with E-state index in [0.717, 1.165) is 46.1 Å². The number of nitrogens with zero attached hydrogens (tertiary/aromatic N) is 3. The van der Waals surface area contributed by atoms with Gasteiger partial charge in [0, 0.05) is 18.5 Å². The van der Waals surface area contributed by atoms with Gasteiger partial charge in [-0.25, -0.2) is 4.68 Å². The van der Waals surface area contributed by atoms with Crippen molar-refractivity contribution in [3.8, 4) is 5.69 Å². The number of aromatic nitrogens is 2. The van der Waals surface area contributed by atoms with Crippen LogP contribution >= 0.6 is 11.3 Å². The summed E-state index contributed by atoms with van der Waals surface area (Å²) in [6.07, 6.45) is 2.55. The molecule has 1 fully saturated rings. The molecule has 3 heterocycles. The van der Waals surface area contributed by atoms with Crippen molar-refractivity contribution in [3.63, 3.8) is 0 Å². The molecule has 1 amide bonds. The monoisotopic (exact) mass is 354 g/mol. The van der Waals surface area contributed by atoms with Crippen LogP contribution in [0.15, 0.2) is 36.4 Å². The molecule has 130 valence electrons. The summed E-state index contributed by atoms with van der Waals surface area (Å²) in [5.41, 5.74) is 1.97. The second-order valence-corrected chi connectivity index (χ2v) is 7.50. The number of likely N-dealkylation sites (tertiary alicyclic amines) is 1. The number of nitrogens with one attached hydrogen (secondary N) is 1. The predicted molar refractivity (Wildman–Crippen MR) is 102 cm³/mol. The Hall–Kier alpha value is -2.18. The Morgan fingerprint density at radius 1 is 1.24 bits per heavy atom. The molecule has 1 N–H and O–H groups in total. The number of rotatable bonds is 5. The van der Waals surface area contributed by atoms with Crippen LogP contribution in [0.25, 0.3) is 15.9 Å². The third kappa shape index (κ3) is 3.32. The quantitative estimate of drug-likeness (QED) is 0.765. The standard InChI is InChI=1S/C19H22N4OS/c1-14-16-13-17(18(24)20-9-12-22-10-5-6-11-22)25-19(16)23(21-14)15-7-3-2-4-8-15/h2-4,7-8,13H,5-6,9-12H2,1H3,(H,20,24). The summed E-state index contributed by atoms with van der Waals surface area (Å²) in [6.45, 7) is 5.95. The van der Waals surface area contributed by atoms with E-state index in [1.165, 1.54) is 24.2 Å². The minimum atomic E-state index is 0.0133. The Kier molecular flexibility index (Phi) is 4.55. The third-order valence-corrected chi connectivity index (χ3v) is 5.79. The lowest BCUT2D eigenvalue weighted by Gasteiger charge is -2.14. The van der Waals surface area contributed by atoms with Crippen LogP contribution in [0.1, 0.15) is 28.2 Å². The largest absolute Gasteiger partial charge is 0.350 e. The zero-order chi connectivity index (χ0) is 17.2. The number of benzene rings is 1. The minimum Gasteiger partial charge on any atom is -0.350 e. The Labute approximate surface area is 151 Å². The van der Waals surface area contributed by atoms with Gasteiger partial charge < -0.3 is 10.2 Å². The fourth-order valence-electron chi connectivity index (χ4n) is 3.32. The van der Waals surface area contributed by atoms with Gasteiger partial charge >= 0.3 is 0 Å². The Balaban J connectivity index is 1.51. The highest BCUT2D eigenvalue weighted by Gasteiger charge is 2.17. The first-order valence-corrected chi connectivity index (χ1v) is 9.59. The molecule has 2 aromatic heterocycles. The van der Waals surface area contributed by atoms with Gasteiger partial charge in [-0.15, -0.1) is 11.3 Å². The molecule has 1 aromatic carbocycles. The molecule has 4 rings (SSSR count). The van der Waals surface area contributed by atoms with E-state index in [2.05, 4.69) is 15.3 Å². The second kappa shape index (κ2) is 6.98. The molecule has 0 atom stereocenters. The average molecular weight is 354 g/mol. The van der Waals surface area contributed by atoms with E-state index in [9.17, 15) is 4.79 Å². The summed E-state index contributed by atoms with van der Waals surface area (Å²) in [7, 11) is 0. The van der Waals surface area contributed by atoms with Crippen LogP contribution in [-0.4, -0.2) is 46.8 Å². The van der Waals surface area contributed by atoms with E-state index in [0.29, 0.717) is 6.54 Å². The highest BCUT2D eigenvalue weighted by molar-refractivity contribution is 7.20. The molecule has 5 nitrogen and oxygen atoms in total. The van der Waals surface area contributed by atoms with Crippen molar-refractivity contribution in [1.82, 2.24) is 20.0 Å². The summed E-state index contributed by atoms with van der Waals surface area (Å²) in [6, 6.07) is 12.0. The molecule has 6 heteroatoms. The van der Waals surface area contributed by atoms with Crippen molar-refractivity contribution in [2.24, 2.45) is 0 Å². The maximum Gasteiger partial charge on any atom is 0.261 e. The predicted octanol–water partition coefficient (Wildman–Crippen LogP) is 3.22. The normalized spacial score (nSPS) is 15.1. The summed E-state index contributed by atoms with van der Waals surface area (Å²) in [5.74, 6) is 0.0133. The molecule has 0 bridgehead atoms. The number of carbonyl (C=O) groups is 1. The maximum atomic E-state index is 12.5. The lowest BCUT2D eigenvalue weighted by molar-refractivity contribution is 0.0954. The Bertz CT molecular complexity index is 878. The van der Waals surface area contributed by atoms with Gasteiger partial charge in [0.1, 0.15) is 4.83 Å². The summed E-state index contributed by atoms with van der Waals surface area (Å²) in [5, 5.41) is 8.73. The number of amides is 1. The van der Waals surface area contributed by atoms with Crippen molar-refractivity contribution in [1.29, 1.82) is 0 Å². The van der Waals surface area contributed by atoms with E-state index in [4.69, 9.17) is 0 Å². The van der Waals surface area contributed by atoms with Crippen LogP contribution < -0.4 is 5.32 Å². The van der Waals surface area contributed by atoms with Gasteiger partial charge in [-0.2, -0.15) is 5.10 Å². The Morgan fingerprint density at radius 3 is 2.76 bits per heavy atom. The fourth-order valence-corrected chi connectivity index (χ4v) is 4.42. The number of hydrogen-bond acceptors (Lipinski definition) is 4. The van der Waals surface area contributed by atoms with Crippen LogP contribution in [-0.2, 0) is 0 Å². The SMILES string of the molecule is Cc1nn(-c2ccccc2)c2sc(C(=O)NCCN3CCCC3)cc12. The van der Waals surface area contributed by atoms with Crippen molar-refractivity contribution in [2.75, 3.05) is 26.2 Å². The van der Waals surface area contributed by atoms with Crippen LogP contribution in [0.3, 0.4) is 0 Å². The molecule has 1 aliphatic heterocycles. The molecule has 0 saturated carbocycles. The van der Waals surface area contributed by atoms with Gasteiger partial charge in [-0.3, -0.25) is 4.79 Å². The average Bonchev–Trinajstić information content (AvgIpc) is 3.34. The van der Waals surface area contributed by atoms with Crippen molar-refractivity contribution in [2.45, 2.75) is 19.8 Å². The zero-order valence-electron chi connectivity index (χ0n) is 14.4. The first kappa shape index (κ1) is 16.3. The topological polar surface area (TPSA) is 50.2 Å². The molecule has 0 unspecified atom stereocenters. The van der Waals surface area contributed by atoms with Crippen LogP contribution in [0.4, 0.5) is 0 Å². The van der Waals surface area contributed by atoms with Gasteiger partial charge in [0.05, 0.1) is 16.3 Å². The van der Waals surface area contributed by atoms with Gasteiger partial charge in [-0.1, -0.05) is 18.2 Å². The van der Waals surface area contributed by atoms with Gasteiger partial charge in [0.25, 0.3) is 5.91 Å². The van der Waals surface area contributed by atoms with E-state index >= 15 is 0 Å². The van der Waals surface area contributed by atoms with Crippen molar-refractivity contribution in [3.05, 3.63) is 47.0 Å². The van der Waals surface area contributed by atoms with Crippen molar-refractivity contribution >= 4 is 27.5 Å². The van der Waals surface area contributed by atoms with E-state index in [1.54, 1.807) is 0 Å².